The zero-order valence-corrected chi connectivity index (χ0v) is 17.9. The third kappa shape index (κ3) is 3.18. The van der Waals surface area contributed by atoms with Gasteiger partial charge in [0.15, 0.2) is 0 Å². The summed E-state index contributed by atoms with van der Waals surface area (Å²) in [5.41, 5.74) is 8.52. The van der Waals surface area contributed by atoms with Crippen molar-refractivity contribution in [3.8, 4) is 22.8 Å². The lowest BCUT2D eigenvalue weighted by molar-refractivity contribution is 0.136. The molecule has 4 atom stereocenters. The molecule has 8 nitrogen and oxygen atoms in total. The van der Waals surface area contributed by atoms with Crippen molar-refractivity contribution >= 4 is 27.5 Å². The molecular formula is C21H25N5O3S. The van der Waals surface area contributed by atoms with E-state index < -0.39 is 6.23 Å². The van der Waals surface area contributed by atoms with Crippen molar-refractivity contribution in [3.05, 3.63) is 28.6 Å². The van der Waals surface area contributed by atoms with Crippen LogP contribution in [0.15, 0.2) is 18.2 Å². The van der Waals surface area contributed by atoms with Gasteiger partial charge in [-0.15, -0.1) is 11.3 Å². The number of ether oxygens (including phenoxy) is 2. The van der Waals surface area contributed by atoms with E-state index in [0.717, 1.165) is 39.3 Å². The maximum atomic E-state index is 10.8. The van der Waals surface area contributed by atoms with E-state index in [-0.39, 0.29) is 5.95 Å². The van der Waals surface area contributed by atoms with Crippen molar-refractivity contribution < 1.29 is 14.6 Å². The van der Waals surface area contributed by atoms with E-state index in [4.69, 9.17) is 15.2 Å². The largest absolute Gasteiger partial charge is 0.497 e. The van der Waals surface area contributed by atoms with E-state index in [2.05, 4.69) is 20.6 Å². The van der Waals surface area contributed by atoms with Crippen LogP contribution in [0, 0.1) is 18.8 Å². The molecule has 0 amide bonds. The second kappa shape index (κ2) is 7.35. The number of nitrogen functional groups attached to an aromatic ring is 1. The van der Waals surface area contributed by atoms with E-state index in [1.807, 2.05) is 25.1 Å². The number of anilines is 1. The third-order valence-corrected chi connectivity index (χ3v) is 7.19. The fraction of sp³-hybridized carbons (Fsp3) is 0.429. The fourth-order valence-corrected chi connectivity index (χ4v) is 5.50. The van der Waals surface area contributed by atoms with E-state index in [1.54, 1.807) is 14.2 Å². The highest BCUT2D eigenvalue weighted by Crippen LogP contribution is 2.44. The Kier molecular flexibility index (Phi) is 4.78. The Hall–Kier alpha value is -2.46. The predicted molar refractivity (Wildman–Crippen MR) is 117 cm³/mol. The Morgan fingerprint density at radius 1 is 1.20 bits per heavy atom. The number of benzene rings is 1. The topological polar surface area (TPSA) is 115 Å². The van der Waals surface area contributed by atoms with Gasteiger partial charge in [-0.1, -0.05) is 0 Å². The molecule has 1 saturated carbocycles. The second-order valence-electron chi connectivity index (χ2n) is 7.90. The molecule has 1 aliphatic heterocycles. The molecule has 0 spiro atoms. The zero-order valence-electron chi connectivity index (χ0n) is 17.1. The highest BCUT2D eigenvalue weighted by Gasteiger charge is 2.53. The molecule has 2 aromatic heterocycles. The lowest BCUT2D eigenvalue weighted by Gasteiger charge is -2.14. The van der Waals surface area contributed by atoms with Crippen molar-refractivity contribution in [2.24, 2.45) is 11.8 Å². The molecular weight excluding hydrogens is 402 g/mol. The molecule has 0 radical (unpaired) electrons. The van der Waals surface area contributed by atoms with Crippen molar-refractivity contribution in [2.45, 2.75) is 19.2 Å². The number of piperidine rings is 1. The van der Waals surface area contributed by atoms with Crippen LogP contribution in [0.25, 0.3) is 21.5 Å². The van der Waals surface area contributed by atoms with E-state index >= 15 is 0 Å². The van der Waals surface area contributed by atoms with Gasteiger partial charge in [-0.25, -0.2) is 9.97 Å². The molecule has 2 unspecified atom stereocenters. The number of fused-ring (bicyclic) bond motifs is 2. The summed E-state index contributed by atoms with van der Waals surface area (Å²) in [6, 6.07) is 6.08. The van der Waals surface area contributed by atoms with Gasteiger partial charge in [-0.2, -0.15) is 0 Å². The first-order valence-corrected chi connectivity index (χ1v) is 10.8. The molecule has 2 fully saturated rings. The van der Waals surface area contributed by atoms with Crippen LogP contribution in [0.4, 0.5) is 5.95 Å². The average Bonchev–Trinajstić information content (AvgIpc) is 3.10. The fourth-order valence-electron chi connectivity index (χ4n) is 4.52. The Bertz CT molecular complexity index is 1110. The molecule has 5 N–H and O–H groups in total. The van der Waals surface area contributed by atoms with Gasteiger partial charge in [0.25, 0.3) is 0 Å². The van der Waals surface area contributed by atoms with Gasteiger partial charge in [0.1, 0.15) is 22.6 Å². The zero-order chi connectivity index (χ0) is 21.0. The van der Waals surface area contributed by atoms with Crippen LogP contribution < -0.4 is 25.8 Å². The van der Waals surface area contributed by atoms with Crippen molar-refractivity contribution in [1.82, 2.24) is 20.6 Å². The Balaban J connectivity index is 1.55. The molecule has 3 aromatic rings. The first-order chi connectivity index (χ1) is 14.5. The van der Waals surface area contributed by atoms with E-state index in [9.17, 15) is 5.11 Å². The maximum absolute atomic E-state index is 10.8. The molecule has 5 rings (SSSR count). The quantitative estimate of drug-likeness (QED) is 0.442. The molecule has 2 aliphatic rings. The predicted octanol–water partition coefficient (Wildman–Crippen LogP) is 2.06. The Morgan fingerprint density at radius 2 is 1.97 bits per heavy atom. The van der Waals surface area contributed by atoms with Crippen LogP contribution in [0.3, 0.4) is 0 Å². The SMILES string of the molecule is COc1cc(C)c(-c2nc(N)nc3sc(C(O)NC4[C@H]5CNC[C@@H]45)cc23)c(OC)c1. The number of hydrogen-bond acceptors (Lipinski definition) is 9. The monoisotopic (exact) mass is 427 g/mol. The van der Waals surface area contributed by atoms with Gasteiger partial charge in [0.2, 0.25) is 5.95 Å². The van der Waals surface area contributed by atoms with Gasteiger partial charge in [0, 0.05) is 23.1 Å². The van der Waals surface area contributed by atoms with Gasteiger partial charge in [-0.05, 0) is 49.5 Å². The molecule has 1 aliphatic carbocycles. The van der Waals surface area contributed by atoms with Gasteiger partial charge in [-0.3, -0.25) is 5.32 Å². The number of nitrogens with one attached hydrogen (secondary N) is 2. The van der Waals surface area contributed by atoms with Crippen molar-refractivity contribution in [3.63, 3.8) is 0 Å². The minimum atomic E-state index is -0.743. The number of aryl methyl sites for hydroxylation is 1. The Morgan fingerprint density at radius 3 is 2.67 bits per heavy atom. The van der Waals surface area contributed by atoms with Crippen molar-refractivity contribution in [1.29, 1.82) is 0 Å². The number of thiophene rings is 1. The maximum Gasteiger partial charge on any atom is 0.221 e. The number of rotatable bonds is 6. The number of aliphatic hydroxyl groups is 1. The highest BCUT2D eigenvalue weighted by molar-refractivity contribution is 7.18. The summed E-state index contributed by atoms with van der Waals surface area (Å²) < 4.78 is 11.0. The summed E-state index contributed by atoms with van der Waals surface area (Å²) in [5.74, 6) is 2.78. The van der Waals surface area contributed by atoms with Crippen LogP contribution in [0.5, 0.6) is 11.5 Å². The Labute approximate surface area is 178 Å². The molecule has 3 heterocycles. The molecule has 9 heteroatoms. The number of aliphatic hydroxyl groups excluding tert-OH is 1. The standard InChI is InChI=1S/C21H25N5O3S/c1-9-4-10(28-2)5-14(29-3)16(9)18-11-6-15(30-20(11)26-21(22)25-18)19(27)24-17-12-7-23-8-13(12)17/h4-6,12-13,17,19,23-24,27H,7-8H2,1-3H3,(H2,22,25,26)/t12-,13+,17?,19?. The summed E-state index contributed by atoms with van der Waals surface area (Å²) in [5, 5.41) is 18.4. The lowest BCUT2D eigenvalue weighted by atomic mass is 10.0. The van der Waals surface area contributed by atoms with Gasteiger partial charge in [0.05, 0.1) is 24.8 Å². The molecule has 158 valence electrons. The summed E-state index contributed by atoms with van der Waals surface area (Å²) >= 11 is 1.43. The highest BCUT2D eigenvalue weighted by atomic mass is 32.1. The van der Waals surface area contributed by atoms with Gasteiger partial charge >= 0.3 is 0 Å². The van der Waals surface area contributed by atoms with Crippen LogP contribution in [-0.4, -0.2) is 48.4 Å². The van der Waals surface area contributed by atoms with Crippen LogP contribution in [0.1, 0.15) is 16.7 Å². The molecule has 30 heavy (non-hydrogen) atoms. The van der Waals surface area contributed by atoms with Crippen LogP contribution in [0.2, 0.25) is 0 Å². The minimum Gasteiger partial charge on any atom is -0.497 e. The van der Waals surface area contributed by atoms with Crippen LogP contribution in [-0.2, 0) is 0 Å². The smallest absolute Gasteiger partial charge is 0.221 e. The lowest BCUT2D eigenvalue weighted by Crippen LogP contribution is -2.30. The van der Waals surface area contributed by atoms with Gasteiger partial charge < -0.3 is 25.6 Å². The molecule has 1 saturated heterocycles. The van der Waals surface area contributed by atoms with E-state index in [1.165, 1.54) is 11.3 Å². The van der Waals surface area contributed by atoms with Crippen LogP contribution >= 0.6 is 11.3 Å². The first-order valence-electron chi connectivity index (χ1n) is 9.95. The number of hydrogen-bond donors (Lipinski definition) is 4. The second-order valence-corrected chi connectivity index (χ2v) is 8.96. The first kappa shape index (κ1) is 19.5. The minimum absolute atomic E-state index is 0.188. The molecule has 1 aromatic carbocycles. The number of methoxy groups -OCH3 is 2. The molecule has 0 bridgehead atoms. The number of nitrogens with zero attached hydrogens (tertiary/aromatic N) is 2. The summed E-state index contributed by atoms with van der Waals surface area (Å²) in [4.78, 5) is 10.5. The summed E-state index contributed by atoms with van der Waals surface area (Å²) in [6.07, 6.45) is -0.743. The summed E-state index contributed by atoms with van der Waals surface area (Å²) in [6.45, 7) is 4.02. The summed E-state index contributed by atoms with van der Waals surface area (Å²) in [7, 11) is 3.24. The third-order valence-electron chi connectivity index (χ3n) is 6.11. The number of nitrogens with two attached hydrogens (primary N) is 1. The number of aromatic nitrogens is 2. The van der Waals surface area contributed by atoms with E-state index in [0.29, 0.717) is 35.1 Å². The normalized spacial score (nSPS) is 23.4. The van der Waals surface area contributed by atoms with Crippen molar-refractivity contribution in [2.75, 3.05) is 33.0 Å². The average molecular weight is 428 g/mol.